The summed E-state index contributed by atoms with van der Waals surface area (Å²) in [7, 11) is 5.62. The molecule has 0 radical (unpaired) electrons. The Morgan fingerprint density at radius 2 is 1.28 bits per heavy atom. The topological polar surface area (TPSA) is 121 Å². The number of nitrogens with zero attached hydrogens (tertiary/aromatic N) is 2. The summed E-state index contributed by atoms with van der Waals surface area (Å²) in [5.41, 5.74) is 2.67. The summed E-state index contributed by atoms with van der Waals surface area (Å²) in [5, 5.41) is 3.20. The van der Waals surface area contributed by atoms with Crippen molar-refractivity contribution in [2.75, 3.05) is 28.4 Å². The smallest absolute Gasteiger partial charge is 0.337 e. The highest BCUT2D eigenvalue weighted by atomic mass is 16.5. The maximum absolute atomic E-state index is 13.8. The van der Waals surface area contributed by atoms with Gasteiger partial charge in [0.2, 0.25) is 0 Å². The fourth-order valence-corrected chi connectivity index (χ4v) is 4.05. The van der Waals surface area contributed by atoms with Crippen LogP contribution in [0.1, 0.15) is 33.2 Å². The molecule has 0 unspecified atom stereocenters. The van der Waals surface area contributed by atoms with Gasteiger partial charge in [-0.2, -0.15) is 0 Å². The van der Waals surface area contributed by atoms with E-state index < -0.39 is 11.9 Å². The summed E-state index contributed by atoms with van der Waals surface area (Å²) in [6.07, 6.45) is 0. The van der Waals surface area contributed by atoms with Gasteiger partial charge in [0.15, 0.2) is 0 Å². The van der Waals surface area contributed by atoms with Gasteiger partial charge in [-0.25, -0.2) is 14.3 Å². The second-order valence-electron chi connectivity index (χ2n) is 8.38. The second-order valence-corrected chi connectivity index (χ2v) is 8.38. The van der Waals surface area contributed by atoms with E-state index in [-0.39, 0.29) is 22.4 Å². The number of methoxy groups -OCH3 is 4. The van der Waals surface area contributed by atoms with Crippen molar-refractivity contribution in [2.45, 2.75) is 6.92 Å². The first-order chi connectivity index (χ1) is 18.8. The minimum atomic E-state index is -0.641. The van der Waals surface area contributed by atoms with Crippen molar-refractivity contribution in [3.63, 3.8) is 0 Å². The number of ether oxygens (including phenoxy) is 4. The molecule has 10 heteroatoms. The van der Waals surface area contributed by atoms with Crippen molar-refractivity contribution < 1.29 is 28.5 Å². The fourth-order valence-electron chi connectivity index (χ4n) is 4.05. The molecule has 0 fully saturated rings. The molecule has 39 heavy (non-hydrogen) atoms. The Hall–Kier alpha value is -5.12. The molecule has 0 atom stereocenters. The lowest BCUT2D eigenvalue weighted by Crippen LogP contribution is -2.19. The first-order valence-corrected chi connectivity index (χ1v) is 11.8. The number of aromatic nitrogens is 2. The first kappa shape index (κ1) is 26.9. The van der Waals surface area contributed by atoms with E-state index >= 15 is 0 Å². The van der Waals surface area contributed by atoms with Gasteiger partial charge >= 0.3 is 11.9 Å². The van der Waals surface area contributed by atoms with Crippen LogP contribution in [0.3, 0.4) is 0 Å². The number of aliphatic imine (C=N–C) groups is 1. The molecule has 4 rings (SSSR count). The highest BCUT2D eigenvalue weighted by Gasteiger charge is 2.21. The van der Waals surface area contributed by atoms with Crippen molar-refractivity contribution in [1.29, 1.82) is 0 Å². The van der Waals surface area contributed by atoms with Crippen LogP contribution < -0.4 is 15.0 Å². The molecule has 0 aliphatic carbocycles. The molecular weight excluding hydrogens is 502 g/mol. The Morgan fingerprint density at radius 1 is 0.769 bits per heavy atom. The minimum absolute atomic E-state index is 0.118. The third kappa shape index (κ3) is 5.59. The lowest BCUT2D eigenvalue weighted by atomic mass is 10.0. The number of nitrogens with one attached hydrogen (secondary N) is 1. The zero-order valence-electron chi connectivity index (χ0n) is 22.1. The van der Waals surface area contributed by atoms with Gasteiger partial charge < -0.3 is 18.9 Å². The molecular formula is C29H27N3O7. The van der Waals surface area contributed by atoms with Gasteiger partial charge in [0.1, 0.15) is 11.5 Å². The van der Waals surface area contributed by atoms with Crippen LogP contribution >= 0.6 is 0 Å². The van der Waals surface area contributed by atoms with Gasteiger partial charge in [0, 0.05) is 5.56 Å². The predicted molar refractivity (Wildman–Crippen MR) is 146 cm³/mol. The number of aromatic amines is 1. The van der Waals surface area contributed by atoms with E-state index in [1.54, 1.807) is 57.5 Å². The van der Waals surface area contributed by atoms with E-state index in [0.717, 1.165) is 5.56 Å². The SMILES string of the molecule is COC(=O)c1cc(N=C(C)c2c(-c3ccc(OC)cc3)[nH]n(-c3ccc(OC)cc3)c2=O)cc(C(=O)OC)c1. The van der Waals surface area contributed by atoms with Gasteiger partial charge in [0.25, 0.3) is 5.56 Å². The maximum atomic E-state index is 13.8. The van der Waals surface area contributed by atoms with Crippen LogP contribution in [-0.2, 0) is 9.47 Å². The highest BCUT2D eigenvalue weighted by molar-refractivity contribution is 6.05. The largest absolute Gasteiger partial charge is 0.497 e. The molecule has 1 aromatic heterocycles. The average Bonchev–Trinajstić information content (AvgIpc) is 3.32. The molecule has 1 heterocycles. The number of rotatable bonds is 8. The summed E-state index contributed by atoms with van der Waals surface area (Å²) in [5.74, 6) is 0.0331. The number of benzene rings is 3. The van der Waals surface area contributed by atoms with Gasteiger partial charge in [-0.15, -0.1) is 0 Å². The molecule has 0 amide bonds. The monoisotopic (exact) mass is 529 g/mol. The summed E-state index contributed by atoms with van der Waals surface area (Å²) in [6, 6.07) is 18.6. The van der Waals surface area contributed by atoms with Crippen LogP contribution in [0, 0.1) is 0 Å². The maximum Gasteiger partial charge on any atom is 0.337 e. The van der Waals surface area contributed by atoms with Gasteiger partial charge in [-0.1, -0.05) is 0 Å². The molecule has 0 spiro atoms. The van der Waals surface area contributed by atoms with Gasteiger partial charge in [-0.3, -0.25) is 14.9 Å². The second kappa shape index (κ2) is 11.5. The quantitative estimate of drug-likeness (QED) is 0.262. The number of H-pyrrole nitrogens is 1. The Morgan fingerprint density at radius 3 is 1.77 bits per heavy atom. The molecule has 200 valence electrons. The lowest BCUT2D eigenvalue weighted by Gasteiger charge is -2.07. The van der Waals surface area contributed by atoms with E-state index in [1.807, 2.05) is 12.1 Å². The van der Waals surface area contributed by atoms with Crippen molar-refractivity contribution in [1.82, 2.24) is 9.78 Å². The third-order valence-electron chi connectivity index (χ3n) is 6.02. The van der Waals surface area contributed by atoms with Crippen LogP contribution in [0.2, 0.25) is 0 Å². The molecule has 1 N–H and O–H groups in total. The van der Waals surface area contributed by atoms with E-state index in [0.29, 0.717) is 34.2 Å². The van der Waals surface area contributed by atoms with Crippen LogP contribution in [0.15, 0.2) is 76.5 Å². The normalized spacial score (nSPS) is 11.2. The molecule has 0 saturated heterocycles. The van der Waals surface area contributed by atoms with E-state index in [1.165, 1.54) is 37.1 Å². The molecule has 3 aromatic carbocycles. The fraction of sp³-hybridized carbons (Fsp3) is 0.172. The molecule has 0 aliphatic heterocycles. The Bertz CT molecular complexity index is 1560. The summed E-state index contributed by atoms with van der Waals surface area (Å²) in [4.78, 5) is 42.9. The molecule has 0 aliphatic rings. The van der Waals surface area contributed by atoms with Gasteiger partial charge in [-0.05, 0) is 73.7 Å². The summed E-state index contributed by atoms with van der Waals surface area (Å²) in [6.45, 7) is 1.68. The zero-order valence-corrected chi connectivity index (χ0v) is 22.1. The zero-order chi connectivity index (χ0) is 28.1. The third-order valence-corrected chi connectivity index (χ3v) is 6.02. The first-order valence-electron chi connectivity index (χ1n) is 11.8. The van der Waals surface area contributed by atoms with Crippen molar-refractivity contribution >= 4 is 23.3 Å². The van der Waals surface area contributed by atoms with E-state index in [2.05, 4.69) is 10.1 Å². The van der Waals surface area contributed by atoms with Crippen molar-refractivity contribution in [2.24, 2.45) is 4.99 Å². The average molecular weight is 530 g/mol. The minimum Gasteiger partial charge on any atom is -0.497 e. The lowest BCUT2D eigenvalue weighted by molar-refractivity contribution is 0.0599. The molecule has 10 nitrogen and oxygen atoms in total. The molecule has 0 saturated carbocycles. The Labute approximate surface area is 224 Å². The van der Waals surface area contributed by atoms with Crippen LogP contribution in [-0.4, -0.2) is 55.9 Å². The number of hydrogen-bond acceptors (Lipinski definition) is 8. The van der Waals surface area contributed by atoms with E-state index in [4.69, 9.17) is 18.9 Å². The van der Waals surface area contributed by atoms with Crippen LogP contribution in [0.5, 0.6) is 11.5 Å². The van der Waals surface area contributed by atoms with Crippen LogP contribution in [0.25, 0.3) is 16.9 Å². The Balaban J connectivity index is 1.91. The number of hydrogen-bond donors (Lipinski definition) is 1. The predicted octanol–water partition coefficient (Wildman–Crippen LogP) is 4.56. The van der Waals surface area contributed by atoms with Gasteiger partial charge in [0.05, 0.1) is 67.9 Å². The number of carbonyl (C=O) groups is 2. The molecule has 0 bridgehead atoms. The molecule has 4 aromatic rings. The standard InChI is InChI=1S/C29H27N3O7/c1-17(30-21-15-19(28(34)38-4)14-20(16-21)29(35)39-5)25-26(18-6-10-23(36-2)11-7-18)31-32(27(25)33)22-8-12-24(37-3)13-9-22/h6-16,31H,1-5H3. The van der Waals surface area contributed by atoms with Crippen LogP contribution in [0.4, 0.5) is 5.69 Å². The van der Waals surface area contributed by atoms with Crippen molar-refractivity contribution in [3.05, 3.63) is 93.8 Å². The van der Waals surface area contributed by atoms with Crippen molar-refractivity contribution in [3.8, 4) is 28.4 Å². The number of carbonyl (C=O) groups excluding carboxylic acids is 2. The summed E-state index contributed by atoms with van der Waals surface area (Å²) >= 11 is 0. The highest BCUT2D eigenvalue weighted by Crippen LogP contribution is 2.27. The van der Waals surface area contributed by atoms with E-state index in [9.17, 15) is 14.4 Å². The Kier molecular flexibility index (Phi) is 7.95. The number of esters is 2. The summed E-state index contributed by atoms with van der Waals surface area (Å²) < 4.78 is 21.6.